The predicted octanol–water partition coefficient (Wildman–Crippen LogP) is 0.844. The quantitative estimate of drug-likeness (QED) is 0.711. The molecule has 4 rings (SSSR count). The number of aryl methyl sites for hydroxylation is 4. The molecule has 0 fully saturated rings. The van der Waals surface area contributed by atoms with Crippen molar-refractivity contribution in [2.24, 2.45) is 14.1 Å². The molecule has 0 saturated carbocycles. The van der Waals surface area contributed by atoms with E-state index < -0.39 is 16.1 Å². The fourth-order valence-electron chi connectivity index (χ4n) is 3.57. The molecule has 0 saturated heterocycles. The van der Waals surface area contributed by atoms with E-state index in [1.54, 1.807) is 24.8 Å². The lowest BCUT2D eigenvalue weighted by Crippen LogP contribution is -2.33. The zero-order chi connectivity index (χ0) is 19.3. The molecule has 0 spiro atoms. The van der Waals surface area contributed by atoms with E-state index in [1.807, 2.05) is 6.92 Å². The summed E-state index contributed by atoms with van der Waals surface area (Å²) in [6.07, 6.45) is 2.21. The maximum Gasteiger partial charge on any atom is 0.328 e. The molecule has 1 N–H and O–H groups in total. The average Bonchev–Trinajstić information content (AvgIpc) is 3.18. The summed E-state index contributed by atoms with van der Waals surface area (Å²) in [6.45, 7) is 2.72. The van der Waals surface area contributed by atoms with Crippen LogP contribution in [0.15, 0.2) is 27.9 Å². The molecular weight excluding hydrogens is 368 g/mol. The van der Waals surface area contributed by atoms with Crippen LogP contribution in [0.1, 0.15) is 37.5 Å². The molecule has 3 heterocycles. The van der Waals surface area contributed by atoms with E-state index in [4.69, 9.17) is 0 Å². The van der Waals surface area contributed by atoms with Gasteiger partial charge in [-0.2, -0.15) is 5.10 Å². The summed E-state index contributed by atoms with van der Waals surface area (Å²) in [5.74, 6) is 1.38. The van der Waals surface area contributed by atoms with E-state index in [0.717, 1.165) is 18.8 Å². The Balaban J connectivity index is 1.71. The van der Waals surface area contributed by atoms with Gasteiger partial charge in [0.05, 0.1) is 22.0 Å². The van der Waals surface area contributed by atoms with Crippen LogP contribution in [0.5, 0.6) is 0 Å². The Labute approximate surface area is 156 Å². The van der Waals surface area contributed by atoms with Gasteiger partial charge >= 0.3 is 5.69 Å². The Morgan fingerprint density at radius 3 is 2.70 bits per heavy atom. The molecular formula is C17H22N6O3S. The summed E-state index contributed by atoms with van der Waals surface area (Å²) >= 11 is 0. The van der Waals surface area contributed by atoms with Gasteiger partial charge in [0.1, 0.15) is 5.82 Å². The highest BCUT2D eigenvalue weighted by molar-refractivity contribution is 7.89. The fourth-order valence-corrected chi connectivity index (χ4v) is 4.82. The molecule has 0 radical (unpaired) electrons. The number of hydrogen-bond acceptors (Lipinski definition) is 5. The first-order valence-corrected chi connectivity index (χ1v) is 10.4. The normalized spacial score (nSPS) is 17.4. The van der Waals surface area contributed by atoms with Crippen molar-refractivity contribution in [2.75, 3.05) is 0 Å². The van der Waals surface area contributed by atoms with Gasteiger partial charge in [0, 0.05) is 27.1 Å². The smallest absolute Gasteiger partial charge is 0.295 e. The van der Waals surface area contributed by atoms with Crippen LogP contribution in [0.2, 0.25) is 0 Å². The molecule has 2 aromatic heterocycles. The van der Waals surface area contributed by atoms with Crippen LogP contribution >= 0.6 is 0 Å². The highest BCUT2D eigenvalue weighted by Crippen LogP contribution is 2.26. The second kappa shape index (κ2) is 6.31. The van der Waals surface area contributed by atoms with Crippen molar-refractivity contribution in [2.45, 2.75) is 43.7 Å². The molecule has 144 valence electrons. The van der Waals surface area contributed by atoms with Gasteiger partial charge in [0.2, 0.25) is 10.0 Å². The molecule has 10 heteroatoms. The summed E-state index contributed by atoms with van der Waals surface area (Å²) in [5.41, 5.74) is 1.07. The molecule has 1 aliphatic rings. The van der Waals surface area contributed by atoms with E-state index in [9.17, 15) is 13.2 Å². The zero-order valence-electron chi connectivity index (χ0n) is 15.5. The first-order chi connectivity index (χ1) is 12.8. The number of benzene rings is 1. The maximum absolute atomic E-state index is 13.0. The minimum Gasteiger partial charge on any atom is -0.295 e. The summed E-state index contributed by atoms with van der Waals surface area (Å²) in [4.78, 5) is 16.7. The van der Waals surface area contributed by atoms with Crippen LogP contribution in [0.3, 0.4) is 0 Å². The molecule has 1 atom stereocenters. The summed E-state index contributed by atoms with van der Waals surface area (Å²) in [6, 6.07) is 4.30. The van der Waals surface area contributed by atoms with Crippen LogP contribution < -0.4 is 10.4 Å². The third-order valence-corrected chi connectivity index (χ3v) is 6.56. The average molecular weight is 390 g/mol. The molecule has 1 aromatic carbocycles. The molecule has 9 nitrogen and oxygen atoms in total. The first-order valence-electron chi connectivity index (χ1n) is 8.93. The second-order valence-electron chi connectivity index (χ2n) is 6.83. The number of sulfonamides is 1. The van der Waals surface area contributed by atoms with E-state index in [-0.39, 0.29) is 10.6 Å². The van der Waals surface area contributed by atoms with Gasteiger partial charge in [-0.15, -0.1) is 0 Å². The molecule has 1 aliphatic heterocycles. The van der Waals surface area contributed by atoms with Crippen molar-refractivity contribution >= 4 is 21.1 Å². The van der Waals surface area contributed by atoms with Crippen LogP contribution in [-0.2, 0) is 37.1 Å². The molecule has 3 aromatic rings. The lowest BCUT2D eigenvalue weighted by molar-refractivity contribution is 0.399. The van der Waals surface area contributed by atoms with E-state index >= 15 is 0 Å². The van der Waals surface area contributed by atoms with Gasteiger partial charge in [-0.3, -0.25) is 9.13 Å². The number of fused-ring (bicyclic) bond motifs is 2. The number of imidazole rings is 1. The molecule has 0 bridgehead atoms. The second-order valence-corrected chi connectivity index (χ2v) is 8.54. The monoisotopic (exact) mass is 390 g/mol. The van der Waals surface area contributed by atoms with Crippen molar-refractivity contribution in [3.8, 4) is 0 Å². The molecule has 0 aliphatic carbocycles. The summed E-state index contributed by atoms with van der Waals surface area (Å²) in [7, 11) is -0.474. The van der Waals surface area contributed by atoms with Gasteiger partial charge in [0.25, 0.3) is 0 Å². The van der Waals surface area contributed by atoms with Crippen molar-refractivity contribution in [3.05, 3.63) is 40.3 Å². The SMILES string of the molecule is CCc1nc2n(n1)CCCC2NS(=O)(=O)c1ccc2c(c1)n(C)c(=O)n2C. The Hall–Kier alpha value is -2.46. The van der Waals surface area contributed by atoms with Gasteiger partial charge in [-0.1, -0.05) is 6.92 Å². The van der Waals surface area contributed by atoms with E-state index in [2.05, 4.69) is 14.8 Å². The maximum atomic E-state index is 13.0. The Kier molecular flexibility index (Phi) is 4.19. The van der Waals surface area contributed by atoms with Crippen LogP contribution in [0.25, 0.3) is 11.0 Å². The van der Waals surface area contributed by atoms with Crippen molar-refractivity contribution < 1.29 is 8.42 Å². The summed E-state index contributed by atoms with van der Waals surface area (Å²) < 4.78 is 33.4. The Morgan fingerprint density at radius 1 is 1.22 bits per heavy atom. The Morgan fingerprint density at radius 2 is 1.96 bits per heavy atom. The number of rotatable bonds is 4. The lowest BCUT2D eigenvalue weighted by Gasteiger charge is -2.23. The summed E-state index contributed by atoms with van der Waals surface area (Å²) in [5, 5.41) is 4.42. The number of aromatic nitrogens is 5. The van der Waals surface area contributed by atoms with Gasteiger partial charge < -0.3 is 0 Å². The number of nitrogens with one attached hydrogen (secondary N) is 1. The van der Waals surface area contributed by atoms with Crippen LogP contribution in [0, 0.1) is 0 Å². The molecule has 27 heavy (non-hydrogen) atoms. The van der Waals surface area contributed by atoms with Gasteiger partial charge in [-0.25, -0.2) is 27.6 Å². The minimum absolute atomic E-state index is 0.128. The highest BCUT2D eigenvalue weighted by Gasteiger charge is 2.29. The number of hydrogen-bond donors (Lipinski definition) is 1. The van der Waals surface area contributed by atoms with Crippen molar-refractivity contribution in [1.29, 1.82) is 0 Å². The van der Waals surface area contributed by atoms with Crippen molar-refractivity contribution in [3.63, 3.8) is 0 Å². The lowest BCUT2D eigenvalue weighted by atomic mass is 10.1. The third-order valence-electron chi connectivity index (χ3n) is 5.09. The zero-order valence-corrected chi connectivity index (χ0v) is 16.3. The molecule has 0 amide bonds. The number of nitrogens with zero attached hydrogens (tertiary/aromatic N) is 5. The predicted molar refractivity (Wildman–Crippen MR) is 99.9 cm³/mol. The van der Waals surface area contributed by atoms with Gasteiger partial charge in [0.15, 0.2) is 5.82 Å². The standard InChI is InChI=1S/C17H22N6O3S/c1-4-15-18-16-12(6-5-9-23(16)19-15)20-27(25,26)11-7-8-13-14(10-11)22(3)17(24)21(13)2/h7-8,10,12,20H,4-6,9H2,1-3H3. The van der Waals surface area contributed by atoms with Crippen molar-refractivity contribution in [1.82, 2.24) is 28.6 Å². The van der Waals surface area contributed by atoms with Crippen LogP contribution in [-0.4, -0.2) is 32.3 Å². The highest BCUT2D eigenvalue weighted by atomic mass is 32.2. The first kappa shape index (κ1) is 17.9. The largest absolute Gasteiger partial charge is 0.328 e. The topological polar surface area (TPSA) is 104 Å². The molecule has 1 unspecified atom stereocenters. The Bertz CT molecular complexity index is 1190. The third kappa shape index (κ3) is 2.88. The minimum atomic E-state index is -3.77. The van der Waals surface area contributed by atoms with E-state index in [0.29, 0.717) is 29.7 Å². The van der Waals surface area contributed by atoms with Gasteiger partial charge in [-0.05, 0) is 31.0 Å². The van der Waals surface area contributed by atoms with Crippen LogP contribution in [0.4, 0.5) is 0 Å². The fraction of sp³-hybridized carbons (Fsp3) is 0.471. The van der Waals surface area contributed by atoms with E-state index in [1.165, 1.54) is 21.3 Å².